The number of hydrogen-bond donors (Lipinski definition) is 4. The van der Waals surface area contributed by atoms with E-state index in [1.54, 1.807) is 18.2 Å². The molecule has 40 heavy (non-hydrogen) atoms. The minimum absolute atomic E-state index is 0.0552. The Bertz CT molecular complexity index is 1470. The third kappa shape index (κ3) is 6.90. The van der Waals surface area contributed by atoms with Gasteiger partial charge in [-0.15, -0.1) is 10.2 Å². The summed E-state index contributed by atoms with van der Waals surface area (Å²) in [5.41, 5.74) is 1.12. The van der Waals surface area contributed by atoms with Crippen molar-refractivity contribution in [1.82, 2.24) is 35.8 Å². The topological polar surface area (TPSA) is 165 Å². The third-order valence-electron chi connectivity index (χ3n) is 6.65. The van der Waals surface area contributed by atoms with Gasteiger partial charge in [-0.25, -0.2) is 0 Å². The number of ether oxygens (including phenoxy) is 1. The smallest absolute Gasteiger partial charge is 0.273 e. The van der Waals surface area contributed by atoms with Crippen LogP contribution in [0, 0.1) is 11.8 Å². The SMILES string of the molecule is [2H]C([2H])([2H])NC(=O)c1nnc(NC(=O)C2CC2)cc1Nc1cccc(-c2cnn(CC(=O)NCC(CC)CC)n2)c1OC. The average molecular weight is 553 g/mol. The Hall–Kier alpha value is -4.55. The van der Waals surface area contributed by atoms with Crippen LogP contribution in [-0.2, 0) is 16.1 Å². The molecule has 0 atom stereocenters. The van der Waals surface area contributed by atoms with Gasteiger partial charge in [0, 0.05) is 35.2 Å². The molecule has 4 rings (SSSR count). The zero-order chi connectivity index (χ0) is 31.1. The molecule has 2 aromatic heterocycles. The average Bonchev–Trinajstić information content (AvgIpc) is 3.71. The maximum absolute atomic E-state index is 12.8. The quantitative estimate of drug-likeness (QED) is 0.249. The third-order valence-corrected chi connectivity index (χ3v) is 6.65. The van der Waals surface area contributed by atoms with Crippen molar-refractivity contribution in [3.8, 4) is 17.0 Å². The summed E-state index contributed by atoms with van der Waals surface area (Å²) >= 11 is 0. The maximum atomic E-state index is 12.8. The Morgan fingerprint density at radius 3 is 2.67 bits per heavy atom. The van der Waals surface area contributed by atoms with Crippen molar-refractivity contribution in [2.45, 2.75) is 46.1 Å². The Balaban J connectivity index is 1.59. The van der Waals surface area contributed by atoms with Gasteiger partial charge in [-0.1, -0.05) is 32.8 Å². The fraction of sp³-hybridized carbons (Fsp3) is 0.444. The molecule has 0 radical (unpaired) electrons. The Morgan fingerprint density at radius 1 is 1.18 bits per heavy atom. The van der Waals surface area contributed by atoms with E-state index >= 15 is 0 Å². The first-order valence-corrected chi connectivity index (χ1v) is 13.1. The monoisotopic (exact) mass is 552 g/mol. The van der Waals surface area contributed by atoms with E-state index in [-0.39, 0.29) is 41.5 Å². The van der Waals surface area contributed by atoms with Crippen LogP contribution in [0.1, 0.15) is 54.1 Å². The fourth-order valence-corrected chi connectivity index (χ4v) is 4.07. The van der Waals surface area contributed by atoms with Gasteiger partial charge in [0.05, 0.1) is 24.7 Å². The summed E-state index contributed by atoms with van der Waals surface area (Å²) in [6.07, 6.45) is 5.01. The van der Waals surface area contributed by atoms with Crippen molar-refractivity contribution in [3.63, 3.8) is 0 Å². The van der Waals surface area contributed by atoms with Crippen LogP contribution < -0.4 is 26.0 Å². The van der Waals surface area contributed by atoms with Gasteiger partial charge in [-0.05, 0) is 30.9 Å². The van der Waals surface area contributed by atoms with E-state index in [0.29, 0.717) is 35.2 Å². The Morgan fingerprint density at radius 2 is 1.98 bits per heavy atom. The fourth-order valence-electron chi connectivity index (χ4n) is 4.07. The Labute approximate surface area is 236 Å². The largest absolute Gasteiger partial charge is 0.494 e. The molecule has 0 saturated heterocycles. The lowest BCUT2D eigenvalue weighted by molar-refractivity contribution is -0.122. The van der Waals surface area contributed by atoms with Crippen LogP contribution >= 0.6 is 0 Å². The number of carbonyl (C=O) groups excluding carboxylic acids is 3. The second-order valence-corrected chi connectivity index (χ2v) is 9.47. The zero-order valence-electron chi connectivity index (χ0n) is 25.7. The second kappa shape index (κ2) is 13.0. The highest BCUT2D eigenvalue weighted by Gasteiger charge is 2.30. The van der Waals surface area contributed by atoms with Crippen LogP contribution in [0.2, 0.25) is 0 Å². The number of aromatic nitrogens is 5. The van der Waals surface area contributed by atoms with Crippen molar-refractivity contribution in [2.24, 2.45) is 11.8 Å². The van der Waals surface area contributed by atoms with E-state index in [1.165, 1.54) is 24.2 Å². The number of para-hydroxylation sites is 1. The van der Waals surface area contributed by atoms with E-state index in [0.717, 1.165) is 25.7 Å². The molecule has 3 amide bonds. The number of nitrogens with zero attached hydrogens (tertiary/aromatic N) is 5. The van der Waals surface area contributed by atoms with Gasteiger partial charge in [0.1, 0.15) is 12.2 Å². The molecule has 0 spiro atoms. The highest BCUT2D eigenvalue weighted by molar-refractivity contribution is 6.00. The minimum atomic E-state index is -2.76. The first-order valence-electron chi connectivity index (χ1n) is 14.6. The maximum Gasteiger partial charge on any atom is 0.273 e. The van der Waals surface area contributed by atoms with Crippen molar-refractivity contribution < 1.29 is 23.2 Å². The van der Waals surface area contributed by atoms with E-state index < -0.39 is 12.9 Å². The Kier molecular flexibility index (Phi) is 7.96. The molecule has 3 aromatic rings. The number of carbonyl (C=O) groups is 3. The molecule has 1 aliphatic rings. The molecule has 0 bridgehead atoms. The van der Waals surface area contributed by atoms with Gasteiger partial charge in [0.15, 0.2) is 17.3 Å². The van der Waals surface area contributed by atoms with E-state index in [4.69, 9.17) is 8.85 Å². The van der Waals surface area contributed by atoms with Gasteiger partial charge in [0.25, 0.3) is 5.91 Å². The number of methoxy groups -OCH3 is 1. The predicted octanol–water partition coefficient (Wildman–Crippen LogP) is 2.75. The molecule has 1 saturated carbocycles. The van der Waals surface area contributed by atoms with E-state index in [1.807, 2.05) is 5.32 Å². The molecule has 1 fully saturated rings. The lowest BCUT2D eigenvalue weighted by atomic mass is 10.0. The standard InChI is InChI=1S/C27H35N9O4/c1-5-16(6-2)13-29-23(37)15-36-30-14-21(35-36)18-8-7-9-19(25(18)40-4)31-20-12-22(32-26(38)17-10-11-17)33-34-24(20)27(39)28-3/h7-9,12,14,16-17H,5-6,10-11,13,15H2,1-4H3,(H,28,39)(H,29,37)(H2,31,32,33,38)/i3D3. The van der Waals surface area contributed by atoms with Gasteiger partial charge < -0.3 is 26.0 Å². The molecule has 212 valence electrons. The molecule has 4 N–H and O–H groups in total. The van der Waals surface area contributed by atoms with Crippen LogP contribution in [0.5, 0.6) is 5.75 Å². The number of anilines is 3. The first kappa shape index (κ1) is 24.5. The summed E-state index contributed by atoms with van der Waals surface area (Å²) in [7, 11) is 1.45. The summed E-state index contributed by atoms with van der Waals surface area (Å²) < 4.78 is 27.9. The van der Waals surface area contributed by atoms with Crippen molar-refractivity contribution >= 4 is 34.9 Å². The minimum Gasteiger partial charge on any atom is -0.494 e. The van der Waals surface area contributed by atoms with Gasteiger partial charge in [0.2, 0.25) is 11.8 Å². The van der Waals surface area contributed by atoms with E-state index in [2.05, 4.69) is 50.2 Å². The molecular formula is C27H35N9O4. The molecule has 1 aromatic carbocycles. The van der Waals surface area contributed by atoms with Gasteiger partial charge in [-0.3, -0.25) is 14.4 Å². The predicted molar refractivity (Wildman–Crippen MR) is 149 cm³/mol. The van der Waals surface area contributed by atoms with E-state index in [9.17, 15) is 14.4 Å². The number of hydrogen-bond acceptors (Lipinski definition) is 9. The van der Waals surface area contributed by atoms with Crippen LogP contribution in [0.3, 0.4) is 0 Å². The molecule has 13 nitrogen and oxygen atoms in total. The normalized spacial score (nSPS) is 14.1. The summed E-state index contributed by atoms with van der Waals surface area (Å²) in [6.45, 7) is 1.94. The van der Waals surface area contributed by atoms with Crippen molar-refractivity contribution in [2.75, 3.05) is 31.3 Å². The molecule has 13 heteroatoms. The van der Waals surface area contributed by atoms with Crippen LogP contribution in [0.4, 0.5) is 17.2 Å². The number of amides is 3. The van der Waals surface area contributed by atoms with Crippen LogP contribution in [0.15, 0.2) is 30.5 Å². The summed E-state index contributed by atoms with van der Waals surface area (Å²) in [4.78, 5) is 38.8. The number of rotatable bonds is 13. The first-order chi connectivity index (χ1) is 20.5. The molecule has 2 heterocycles. The lowest BCUT2D eigenvalue weighted by Crippen LogP contribution is -2.32. The summed E-state index contributed by atoms with van der Waals surface area (Å²) in [5.74, 6) is -0.680. The van der Waals surface area contributed by atoms with Gasteiger partial charge in [-0.2, -0.15) is 15.0 Å². The molecule has 1 aliphatic carbocycles. The molecule has 0 aliphatic heterocycles. The van der Waals surface area contributed by atoms with Crippen molar-refractivity contribution in [1.29, 1.82) is 0 Å². The summed E-state index contributed by atoms with van der Waals surface area (Å²) in [5, 5.41) is 27.0. The number of nitrogens with one attached hydrogen (secondary N) is 4. The molecular weight excluding hydrogens is 514 g/mol. The van der Waals surface area contributed by atoms with Gasteiger partial charge >= 0.3 is 0 Å². The number of benzene rings is 1. The van der Waals surface area contributed by atoms with Crippen molar-refractivity contribution in [3.05, 3.63) is 36.2 Å². The highest BCUT2D eigenvalue weighted by atomic mass is 16.5. The highest BCUT2D eigenvalue weighted by Crippen LogP contribution is 2.37. The van der Waals surface area contributed by atoms with Crippen LogP contribution in [-0.4, -0.2) is 63.5 Å². The molecule has 0 unspecified atom stereocenters. The lowest BCUT2D eigenvalue weighted by Gasteiger charge is -2.16. The summed E-state index contributed by atoms with van der Waals surface area (Å²) in [6, 6.07) is 6.53. The zero-order valence-corrected chi connectivity index (χ0v) is 22.7. The van der Waals surface area contributed by atoms with Crippen LogP contribution in [0.25, 0.3) is 11.3 Å². The second-order valence-electron chi connectivity index (χ2n) is 9.47.